The Labute approximate surface area is 159 Å². The third-order valence-electron chi connectivity index (χ3n) is 5.33. The molecule has 5 rings (SSSR count). The molecule has 1 amide bonds. The van der Waals surface area contributed by atoms with Crippen LogP contribution >= 0.6 is 0 Å². The zero-order valence-electron chi connectivity index (χ0n) is 15.3. The van der Waals surface area contributed by atoms with Crippen LogP contribution in [0.4, 0.5) is 5.69 Å². The summed E-state index contributed by atoms with van der Waals surface area (Å²) >= 11 is 0. The van der Waals surface area contributed by atoms with Crippen LogP contribution < -0.4 is 4.90 Å². The van der Waals surface area contributed by atoms with Gasteiger partial charge in [0.1, 0.15) is 12.2 Å². The molecule has 0 fully saturated rings. The molecular formula is C20H17N5O3. The van der Waals surface area contributed by atoms with Crippen LogP contribution in [0.15, 0.2) is 36.4 Å². The van der Waals surface area contributed by atoms with E-state index in [9.17, 15) is 14.7 Å². The van der Waals surface area contributed by atoms with E-state index in [0.29, 0.717) is 22.7 Å². The molecule has 4 aromatic rings. The predicted molar refractivity (Wildman–Crippen MR) is 104 cm³/mol. The fourth-order valence-corrected chi connectivity index (χ4v) is 3.88. The molecule has 0 spiro atoms. The Bertz CT molecular complexity index is 1280. The van der Waals surface area contributed by atoms with Crippen molar-refractivity contribution in [1.82, 2.24) is 20.2 Å². The number of imidazole rings is 1. The van der Waals surface area contributed by atoms with Gasteiger partial charge in [-0.05, 0) is 37.6 Å². The Kier molecular flexibility index (Phi) is 3.19. The highest BCUT2D eigenvalue weighted by molar-refractivity contribution is 6.11. The first-order valence-electron chi connectivity index (χ1n) is 8.88. The Morgan fingerprint density at radius 1 is 1.21 bits per heavy atom. The molecule has 0 unspecified atom stereocenters. The van der Waals surface area contributed by atoms with E-state index in [1.807, 2.05) is 30.3 Å². The molecule has 8 nitrogen and oxygen atoms in total. The van der Waals surface area contributed by atoms with Crippen molar-refractivity contribution in [2.75, 3.05) is 11.4 Å². The van der Waals surface area contributed by atoms with Gasteiger partial charge in [0.2, 0.25) is 5.91 Å². The maximum atomic E-state index is 12.7. The number of amides is 1. The lowest BCUT2D eigenvalue weighted by Crippen LogP contribution is -2.39. The van der Waals surface area contributed by atoms with Gasteiger partial charge in [-0.1, -0.05) is 18.2 Å². The van der Waals surface area contributed by atoms with Gasteiger partial charge in [-0.25, -0.2) is 4.98 Å². The molecule has 3 N–H and O–H groups in total. The van der Waals surface area contributed by atoms with Crippen molar-refractivity contribution in [2.45, 2.75) is 19.3 Å². The van der Waals surface area contributed by atoms with Crippen molar-refractivity contribution < 1.29 is 14.7 Å². The Morgan fingerprint density at radius 3 is 2.79 bits per heavy atom. The normalized spacial score (nSPS) is 15.5. The van der Waals surface area contributed by atoms with Gasteiger partial charge in [-0.3, -0.25) is 14.7 Å². The molecule has 0 radical (unpaired) electrons. The molecule has 140 valence electrons. The topological polar surface area (TPSA) is 115 Å². The number of nitrogens with zero attached hydrogens (tertiary/aromatic N) is 3. The minimum Gasteiger partial charge on any atom is -0.480 e. The number of rotatable bonds is 3. The lowest BCUT2D eigenvalue weighted by atomic mass is 9.86. The van der Waals surface area contributed by atoms with Gasteiger partial charge in [0.05, 0.1) is 27.7 Å². The van der Waals surface area contributed by atoms with Crippen LogP contribution in [0.1, 0.15) is 19.4 Å². The Balaban J connectivity index is 1.69. The maximum absolute atomic E-state index is 12.7. The highest BCUT2D eigenvalue weighted by atomic mass is 16.4. The largest absolute Gasteiger partial charge is 0.480 e. The van der Waals surface area contributed by atoms with Crippen molar-refractivity contribution in [3.8, 4) is 11.5 Å². The van der Waals surface area contributed by atoms with Gasteiger partial charge in [-0.2, -0.15) is 5.10 Å². The molecule has 0 saturated heterocycles. The number of carbonyl (C=O) groups excluding carboxylic acids is 1. The van der Waals surface area contributed by atoms with Gasteiger partial charge in [0, 0.05) is 5.39 Å². The average molecular weight is 375 g/mol. The minimum absolute atomic E-state index is 0.226. The van der Waals surface area contributed by atoms with Gasteiger partial charge in [0.25, 0.3) is 0 Å². The number of hydrogen-bond donors (Lipinski definition) is 3. The standard InChI is InChI=1S/C20H17N5O3/c1-20(2)11-7-13-14(8-15(11)25(19(20)28)9-16(26)27)22-18(21-13)17-10-5-3-4-6-12(10)23-24-17/h3-8H,9H2,1-2H3,(H,21,22)(H,23,24)(H,26,27). The lowest BCUT2D eigenvalue weighted by molar-refractivity contribution is -0.137. The number of carboxylic acid groups (broad SMARTS) is 1. The van der Waals surface area contributed by atoms with Crippen molar-refractivity contribution >= 4 is 39.5 Å². The lowest BCUT2D eigenvalue weighted by Gasteiger charge is -2.18. The number of aromatic nitrogens is 4. The fraction of sp³-hybridized carbons (Fsp3) is 0.200. The van der Waals surface area contributed by atoms with Crippen molar-refractivity contribution in [3.63, 3.8) is 0 Å². The SMILES string of the molecule is CC1(C)C(=O)N(CC(=O)O)c2cc3[nH]c(-c4n[nH]c5ccccc45)nc3cc21. The molecule has 28 heavy (non-hydrogen) atoms. The van der Waals surface area contributed by atoms with Crippen molar-refractivity contribution in [2.24, 2.45) is 0 Å². The van der Waals surface area contributed by atoms with Crippen LogP contribution in [-0.2, 0) is 15.0 Å². The second-order valence-electron chi connectivity index (χ2n) is 7.50. The summed E-state index contributed by atoms with van der Waals surface area (Å²) in [5.41, 5.74) is 3.63. The minimum atomic E-state index is -1.05. The van der Waals surface area contributed by atoms with E-state index in [1.54, 1.807) is 19.9 Å². The number of anilines is 1. The van der Waals surface area contributed by atoms with Crippen LogP contribution in [0.25, 0.3) is 33.5 Å². The van der Waals surface area contributed by atoms with Crippen LogP contribution in [0.5, 0.6) is 0 Å². The van der Waals surface area contributed by atoms with Crippen LogP contribution in [0, 0.1) is 0 Å². The number of carboxylic acids is 1. The third-order valence-corrected chi connectivity index (χ3v) is 5.33. The first-order valence-corrected chi connectivity index (χ1v) is 8.88. The summed E-state index contributed by atoms with van der Waals surface area (Å²) in [4.78, 5) is 33.2. The molecular weight excluding hydrogens is 358 g/mol. The maximum Gasteiger partial charge on any atom is 0.323 e. The van der Waals surface area contributed by atoms with Crippen molar-refractivity contribution in [3.05, 3.63) is 42.0 Å². The number of hydrogen-bond acceptors (Lipinski definition) is 4. The second kappa shape index (κ2) is 5.41. The Hall–Kier alpha value is -3.68. The number of fused-ring (bicyclic) bond motifs is 3. The number of aliphatic carboxylic acids is 1. The summed E-state index contributed by atoms with van der Waals surface area (Å²) < 4.78 is 0. The summed E-state index contributed by atoms with van der Waals surface area (Å²) in [6.07, 6.45) is 0. The van der Waals surface area contributed by atoms with E-state index in [0.717, 1.165) is 22.0 Å². The molecule has 1 aliphatic rings. The highest BCUT2D eigenvalue weighted by Gasteiger charge is 2.45. The number of nitrogens with one attached hydrogen (secondary N) is 2. The smallest absolute Gasteiger partial charge is 0.323 e. The van der Waals surface area contributed by atoms with E-state index in [2.05, 4.69) is 20.2 Å². The number of benzene rings is 2. The monoisotopic (exact) mass is 375 g/mol. The number of H-pyrrole nitrogens is 2. The summed E-state index contributed by atoms with van der Waals surface area (Å²) in [7, 11) is 0. The van der Waals surface area contributed by atoms with Crippen LogP contribution in [0.2, 0.25) is 0 Å². The summed E-state index contributed by atoms with van der Waals surface area (Å²) in [5.74, 6) is -0.661. The zero-order chi connectivity index (χ0) is 19.6. The van der Waals surface area contributed by atoms with Crippen LogP contribution in [0.3, 0.4) is 0 Å². The van der Waals surface area contributed by atoms with E-state index < -0.39 is 11.4 Å². The predicted octanol–water partition coefficient (Wildman–Crippen LogP) is 2.82. The van der Waals surface area contributed by atoms with E-state index in [-0.39, 0.29) is 12.5 Å². The van der Waals surface area contributed by atoms with E-state index in [1.165, 1.54) is 4.90 Å². The van der Waals surface area contributed by atoms with Gasteiger partial charge in [0.15, 0.2) is 5.82 Å². The summed E-state index contributed by atoms with van der Waals surface area (Å²) in [6.45, 7) is 3.24. The van der Waals surface area contributed by atoms with Crippen molar-refractivity contribution in [1.29, 1.82) is 0 Å². The van der Waals surface area contributed by atoms with E-state index >= 15 is 0 Å². The zero-order valence-corrected chi connectivity index (χ0v) is 15.3. The van der Waals surface area contributed by atoms with Gasteiger partial charge in [-0.15, -0.1) is 0 Å². The molecule has 0 bridgehead atoms. The van der Waals surface area contributed by atoms with E-state index in [4.69, 9.17) is 0 Å². The quantitative estimate of drug-likeness (QED) is 0.509. The fourth-order valence-electron chi connectivity index (χ4n) is 3.88. The molecule has 8 heteroatoms. The average Bonchev–Trinajstić information content (AvgIpc) is 3.31. The summed E-state index contributed by atoms with van der Waals surface area (Å²) in [5, 5.41) is 17.5. The molecule has 1 aliphatic heterocycles. The molecule has 0 saturated carbocycles. The molecule has 2 aromatic carbocycles. The molecule has 2 aromatic heterocycles. The number of para-hydroxylation sites is 1. The second-order valence-corrected chi connectivity index (χ2v) is 7.50. The van der Waals surface area contributed by atoms with Gasteiger partial charge < -0.3 is 15.0 Å². The third kappa shape index (κ3) is 2.17. The molecule has 0 aliphatic carbocycles. The van der Waals surface area contributed by atoms with Crippen LogP contribution in [-0.4, -0.2) is 43.7 Å². The first-order chi connectivity index (χ1) is 13.4. The molecule has 0 atom stereocenters. The molecule has 3 heterocycles. The number of carbonyl (C=O) groups is 2. The Morgan fingerprint density at radius 2 is 2.00 bits per heavy atom. The number of aromatic amines is 2. The first kappa shape index (κ1) is 16.5. The summed E-state index contributed by atoms with van der Waals surface area (Å²) in [6, 6.07) is 11.4. The highest BCUT2D eigenvalue weighted by Crippen LogP contribution is 2.43. The van der Waals surface area contributed by atoms with Gasteiger partial charge >= 0.3 is 5.97 Å².